The highest BCUT2D eigenvalue weighted by Crippen LogP contribution is 2.73. The molecule has 0 aromatic carbocycles. The third-order valence-electron chi connectivity index (χ3n) is 15.7. The van der Waals surface area contributed by atoms with Gasteiger partial charge in [-0.3, -0.25) is 9.59 Å². The van der Waals surface area contributed by atoms with Crippen molar-refractivity contribution in [3.8, 4) is 0 Å². The number of ether oxygens (including phenoxy) is 1. The summed E-state index contributed by atoms with van der Waals surface area (Å²) in [6.07, 6.45) is 11.4. The Morgan fingerprint density at radius 1 is 0.980 bits per heavy atom. The molecule has 6 rings (SSSR count). The molecule has 1 heterocycles. The van der Waals surface area contributed by atoms with Crippen LogP contribution in [0.15, 0.2) is 11.1 Å². The molecule has 2 N–H and O–H groups in total. The van der Waals surface area contributed by atoms with E-state index in [9.17, 15) is 19.5 Å². The number of nitrogens with zero attached hydrogens (tertiary/aromatic N) is 1. The molecule has 0 bridgehead atoms. The number of allylic oxidation sites excluding steroid dienone is 1. The van der Waals surface area contributed by atoms with Gasteiger partial charge in [0.15, 0.2) is 5.78 Å². The first-order chi connectivity index (χ1) is 22.9. The predicted octanol–water partition coefficient (Wildman–Crippen LogP) is 7.15. The second kappa shape index (κ2) is 13.1. The Morgan fingerprint density at radius 3 is 2.31 bits per heavy atom. The van der Waals surface area contributed by atoms with E-state index in [1.807, 2.05) is 0 Å². The fourth-order valence-electron chi connectivity index (χ4n) is 13.3. The Bertz CT molecular complexity index is 1330. The number of rotatable bonds is 9. The van der Waals surface area contributed by atoms with Crippen LogP contribution in [0, 0.1) is 56.7 Å². The van der Waals surface area contributed by atoms with Crippen molar-refractivity contribution in [2.24, 2.45) is 56.7 Å². The lowest BCUT2D eigenvalue weighted by Crippen LogP contribution is -2.63. The first-order valence-electron chi connectivity index (χ1n) is 19.9. The minimum absolute atomic E-state index is 0.121. The number of aliphatic hydroxyl groups is 1. The molecule has 0 radical (unpaired) electrons. The monoisotopic (exact) mass is 681 g/mol. The van der Waals surface area contributed by atoms with Crippen LogP contribution in [0.1, 0.15) is 132 Å². The summed E-state index contributed by atoms with van der Waals surface area (Å²) in [6.45, 7) is 20.5. The molecule has 0 spiro atoms. The van der Waals surface area contributed by atoms with Gasteiger partial charge in [-0.25, -0.2) is 0 Å². The van der Waals surface area contributed by atoms with Crippen LogP contribution < -0.4 is 5.32 Å². The van der Waals surface area contributed by atoms with E-state index in [-0.39, 0.29) is 46.4 Å². The normalized spacial score (nSPS) is 40.3. The van der Waals surface area contributed by atoms with Gasteiger partial charge in [-0.1, -0.05) is 61.0 Å². The van der Waals surface area contributed by atoms with Crippen molar-refractivity contribution in [2.75, 3.05) is 26.7 Å². The van der Waals surface area contributed by atoms with E-state index in [4.69, 9.17) is 4.74 Å². The number of nitrogens with one attached hydrogen (secondary N) is 1. The summed E-state index contributed by atoms with van der Waals surface area (Å²) in [7, 11) is 2.18. The van der Waals surface area contributed by atoms with Gasteiger partial charge in [0, 0.05) is 35.3 Å². The van der Waals surface area contributed by atoms with Gasteiger partial charge in [0.1, 0.15) is 12.4 Å². The summed E-state index contributed by atoms with van der Waals surface area (Å²) in [5.41, 5.74) is 1.46. The van der Waals surface area contributed by atoms with Gasteiger partial charge in [-0.15, -0.1) is 0 Å². The van der Waals surface area contributed by atoms with Crippen LogP contribution in [0.2, 0.25) is 0 Å². The highest BCUT2D eigenvalue weighted by atomic mass is 16.5. The van der Waals surface area contributed by atoms with E-state index in [0.29, 0.717) is 42.7 Å². The van der Waals surface area contributed by atoms with E-state index in [1.165, 1.54) is 5.57 Å². The number of hydrogen-bond acceptors (Lipinski definition) is 7. The smallest absolute Gasteiger partial charge is 0.307 e. The summed E-state index contributed by atoms with van der Waals surface area (Å²) >= 11 is 0. The fraction of sp³-hybridized carbons (Fsp3) is 0.881. The maximum atomic E-state index is 13.9. The van der Waals surface area contributed by atoms with E-state index < -0.39 is 16.9 Å². The molecule has 9 atom stereocenters. The minimum atomic E-state index is -0.707. The number of hydrogen-bond donors (Lipinski definition) is 2. The molecule has 8 unspecified atom stereocenters. The molecule has 7 heteroatoms. The quantitative estimate of drug-likeness (QED) is 0.197. The number of Topliss-reactive ketones (excluding diaryl/α,β-unsaturated/α-hetero) is 1. The van der Waals surface area contributed by atoms with Gasteiger partial charge in [0.2, 0.25) is 0 Å². The number of ketones is 1. The number of aldehydes is 1. The summed E-state index contributed by atoms with van der Waals surface area (Å²) < 4.78 is 6.21. The lowest BCUT2D eigenvalue weighted by molar-refractivity contribution is -0.214. The molecule has 0 aromatic rings. The summed E-state index contributed by atoms with van der Waals surface area (Å²) in [4.78, 5) is 40.8. The number of esters is 1. The molecule has 0 aromatic heterocycles. The van der Waals surface area contributed by atoms with Crippen LogP contribution in [0.25, 0.3) is 0 Å². The molecule has 49 heavy (non-hydrogen) atoms. The molecule has 0 amide bonds. The fourth-order valence-corrected chi connectivity index (χ4v) is 13.3. The second-order valence-corrected chi connectivity index (χ2v) is 19.8. The lowest BCUT2D eigenvalue weighted by atomic mass is 9.36. The first kappa shape index (κ1) is 37.2. The van der Waals surface area contributed by atoms with Crippen molar-refractivity contribution in [3.05, 3.63) is 11.1 Å². The van der Waals surface area contributed by atoms with Gasteiger partial charge in [0.05, 0.1) is 12.5 Å². The van der Waals surface area contributed by atoms with Gasteiger partial charge >= 0.3 is 5.97 Å². The maximum absolute atomic E-state index is 13.9. The largest absolute Gasteiger partial charge is 0.462 e. The first-order valence-corrected chi connectivity index (χ1v) is 19.9. The highest BCUT2D eigenvalue weighted by Gasteiger charge is 2.67. The zero-order chi connectivity index (χ0) is 35.7. The van der Waals surface area contributed by atoms with E-state index in [0.717, 1.165) is 89.2 Å². The van der Waals surface area contributed by atoms with E-state index >= 15 is 0 Å². The third-order valence-corrected chi connectivity index (χ3v) is 15.7. The number of carbonyl (C=O) groups is 3. The van der Waals surface area contributed by atoms with Gasteiger partial charge in [0.25, 0.3) is 0 Å². The molecule has 5 aliphatic carbocycles. The van der Waals surface area contributed by atoms with Crippen LogP contribution in [0.4, 0.5) is 0 Å². The Labute approximate surface area is 297 Å². The van der Waals surface area contributed by atoms with Gasteiger partial charge in [-0.2, -0.15) is 0 Å². The Balaban J connectivity index is 1.24. The number of likely N-dealkylation sites (tertiary alicyclic amines) is 1. The van der Waals surface area contributed by atoms with Crippen molar-refractivity contribution in [3.63, 3.8) is 0 Å². The summed E-state index contributed by atoms with van der Waals surface area (Å²) in [6, 6.07) is 0.434. The Kier molecular flexibility index (Phi) is 9.97. The predicted molar refractivity (Wildman–Crippen MR) is 194 cm³/mol. The SMILES string of the molecule is CC(C)C1=C2C3CCC4C(C)(CCC5C(C)(C)C(OC(=O)CC(C)(C)C=O)CCC54C)C3CCC2([C@@H](O)CNC2CCN(C)CC2)CC1=O. The maximum Gasteiger partial charge on any atom is 0.307 e. The van der Waals surface area contributed by atoms with Crippen LogP contribution in [0.3, 0.4) is 0 Å². The van der Waals surface area contributed by atoms with Crippen molar-refractivity contribution in [1.29, 1.82) is 0 Å². The number of carbonyl (C=O) groups excluding carboxylic acids is 3. The van der Waals surface area contributed by atoms with Crippen molar-refractivity contribution in [1.82, 2.24) is 10.2 Å². The zero-order valence-electron chi connectivity index (χ0n) is 32.3. The van der Waals surface area contributed by atoms with E-state index in [1.54, 1.807) is 13.8 Å². The van der Waals surface area contributed by atoms with Crippen molar-refractivity contribution in [2.45, 2.75) is 151 Å². The zero-order valence-corrected chi connectivity index (χ0v) is 32.3. The van der Waals surface area contributed by atoms with Gasteiger partial charge < -0.3 is 24.9 Å². The van der Waals surface area contributed by atoms with Crippen LogP contribution in [0.5, 0.6) is 0 Å². The van der Waals surface area contributed by atoms with Crippen LogP contribution in [-0.4, -0.2) is 73.0 Å². The minimum Gasteiger partial charge on any atom is -0.462 e. The van der Waals surface area contributed by atoms with Gasteiger partial charge in [-0.05, 0) is 130 Å². The standard InChI is InChI=1S/C42H68N2O5/c1-26(2)36-30(46)22-42(33(47)24-43-27-15-20-44(9)21-16-27)19-12-29-28(37(36)42)10-11-32-40(29,7)17-13-31-39(5,6)34(14-18-41(31,32)8)49-35(48)23-38(3,4)25-45/h25-29,31-34,43,47H,10-24H2,1-9H3/t28?,29?,31?,32?,33-,34?,40?,41?,42?/m0/s1. The van der Waals surface area contributed by atoms with Crippen molar-refractivity contribution < 1.29 is 24.2 Å². The van der Waals surface area contributed by atoms with Crippen LogP contribution >= 0.6 is 0 Å². The lowest BCUT2D eigenvalue weighted by Gasteiger charge is -2.69. The average molecular weight is 681 g/mol. The molecule has 6 aliphatic rings. The molecular weight excluding hydrogens is 612 g/mol. The van der Waals surface area contributed by atoms with Crippen LogP contribution in [-0.2, 0) is 19.1 Å². The molecule has 7 nitrogen and oxygen atoms in total. The number of piperidine rings is 1. The Morgan fingerprint density at radius 2 is 1.65 bits per heavy atom. The second-order valence-electron chi connectivity index (χ2n) is 19.8. The molecule has 5 fully saturated rings. The molecular formula is C42H68N2O5. The molecule has 276 valence electrons. The summed E-state index contributed by atoms with van der Waals surface area (Å²) in [5, 5.41) is 15.9. The van der Waals surface area contributed by atoms with Crippen molar-refractivity contribution >= 4 is 18.0 Å². The highest BCUT2D eigenvalue weighted by molar-refractivity contribution is 6.00. The van der Waals surface area contributed by atoms with E-state index in [2.05, 4.69) is 58.8 Å². The average Bonchev–Trinajstić information content (AvgIpc) is 3.35. The molecule has 1 saturated heterocycles. The summed E-state index contributed by atoms with van der Waals surface area (Å²) in [5.74, 6) is 2.12. The Hall–Kier alpha value is -1.57. The molecule has 1 aliphatic heterocycles. The number of fused-ring (bicyclic) bond motifs is 7. The number of aliphatic hydroxyl groups excluding tert-OH is 1. The molecule has 4 saturated carbocycles. The third kappa shape index (κ3) is 6.22. The topological polar surface area (TPSA) is 95.9 Å².